The summed E-state index contributed by atoms with van der Waals surface area (Å²) in [5.41, 5.74) is 5.34. The van der Waals surface area contributed by atoms with Gasteiger partial charge in [0.1, 0.15) is 11.3 Å². The SMILES string of the molecule is CC(=O)Nc1cc(C(=O)NCCCn2nnc3ccccc32)c2c(c1)nc(C)n2Cc1ccccc1. The minimum absolute atomic E-state index is 0.207. The number of benzene rings is 3. The highest BCUT2D eigenvalue weighted by Gasteiger charge is 2.19. The van der Waals surface area contributed by atoms with Crippen LogP contribution in [-0.2, 0) is 17.9 Å². The number of rotatable bonds is 8. The van der Waals surface area contributed by atoms with Crippen LogP contribution in [0.2, 0.25) is 0 Å². The van der Waals surface area contributed by atoms with Crippen molar-refractivity contribution in [2.75, 3.05) is 11.9 Å². The summed E-state index contributed by atoms with van der Waals surface area (Å²) in [5, 5.41) is 14.2. The second-order valence-corrected chi connectivity index (χ2v) is 8.71. The second-order valence-electron chi connectivity index (χ2n) is 8.71. The van der Waals surface area contributed by atoms with E-state index >= 15 is 0 Å². The molecule has 2 heterocycles. The number of nitrogens with zero attached hydrogens (tertiary/aromatic N) is 5. The number of amides is 2. The zero-order valence-electron chi connectivity index (χ0n) is 20.2. The molecule has 2 aromatic heterocycles. The lowest BCUT2D eigenvalue weighted by atomic mass is 10.1. The van der Waals surface area contributed by atoms with Crippen LogP contribution in [0.1, 0.15) is 35.1 Å². The Labute approximate surface area is 208 Å². The van der Waals surface area contributed by atoms with Gasteiger partial charge in [0.2, 0.25) is 5.91 Å². The van der Waals surface area contributed by atoms with Crippen LogP contribution in [0.5, 0.6) is 0 Å². The monoisotopic (exact) mass is 481 g/mol. The molecule has 3 aromatic carbocycles. The molecule has 0 fully saturated rings. The van der Waals surface area contributed by atoms with E-state index in [9.17, 15) is 9.59 Å². The van der Waals surface area contributed by atoms with E-state index in [2.05, 4.69) is 20.9 Å². The molecule has 5 aromatic rings. The second kappa shape index (κ2) is 9.99. The highest BCUT2D eigenvalue weighted by atomic mass is 16.2. The molecule has 0 aliphatic carbocycles. The van der Waals surface area contributed by atoms with Crippen LogP contribution in [0.3, 0.4) is 0 Å². The van der Waals surface area contributed by atoms with Gasteiger partial charge < -0.3 is 15.2 Å². The van der Waals surface area contributed by atoms with Crippen molar-refractivity contribution in [3.8, 4) is 0 Å². The summed E-state index contributed by atoms with van der Waals surface area (Å²) in [7, 11) is 0. The third-order valence-corrected chi connectivity index (χ3v) is 6.03. The molecule has 182 valence electrons. The normalized spacial score (nSPS) is 11.2. The minimum Gasteiger partial charge on any atom is -0.352 e. The van der Waals surface area contributed by atoms with Gasteiger partial charge in [0.25, 0.3) is 5.91 Å². The number of carbonyl (C=O) groups excluding carboxylic acids is 2. The van der Waals surface area contributed by atoms with Gasteiger partial charge in [-0.25, -0.2) is 9.67 Å². The average Bonchev–Trinajstić information content (AvgIpc) is 3.42. The average molecular weight is 482 g/mol. The van der Waals surface area contributed by atoms with Crippen LogP contribution in [0, 0.1) is 6.92 Å². The molecule has 2 amide bonds. The summed E-state index contributed by atoms with van der Waals surface area (Å²) >= 11 is 0. The third kappa shape index (κ3) is 4.81. The van der Waals surface area contributed by atoms with E-state index in [-0.39, 0.29) is 11.8 Å². The van der Waals surface area contributed by atoms with Crippen molar-refractivity contribution < 1.29 is 9.59 Å². The predicted molar refractivity (Wildman–Crippen MR) is 139 cm³/mol. The molecule has 0 bridgehead atoms. The number of hydrogen-bond donors (Lipinski definition) is 2. The molecule has 0 saturated carbocycles. The molecule has 0 radical (unpaired) electrons. The van der Waals surface area contributed by atoms with Crippen molar-refractivity contribution in [2.45, 2.75) is 33.4 Å². The molecule has 2 N–H and O–H groups in total. The maximum absolute atomic E-state index is 13.4. The predicted octanol–water partition coefficient (Wildman–Crippen LogP) is 3.92. The third-order valence-electron chi connectivity index (χ3n) is 6.03. The van der Waals surface area contributed by atoms with Crippen LogP contribution in [0.15, 0.2) is 66.7 Å². The van der Waals surface area contributed by atoms with Crippen molar-refractivity contribution in [3.05, 3.63) is 83.7 Å². The molecule has 0 atom stereocenters. The van der Waals surface area contributed by atoms with Crippen LogP contribution >= 0.6 is 0 Å². The van der Waals surface area contributed by atoms with Gasteiger partial charge >= 0.3 is 0 Å². The van der Waals surface area contributed by atoms with Crippen LogP contribution in [0.25, 0.3) is 22.1 Å². The quantitative estimate of drug-likeness (QED) is 0.327. The van der Waals surface area contributed by atoms with Crippen LogP contribution in [0.4, 0.5) is 5.69 Å². The fraction of sp³-hybridized carbons (Fsp3) is 0.222. The lowest BCUT2D eigenvalue weighted by molar-refractivity contribution is -0.114. The van der Waals surface area contributed by atoms with Crippen LogP contribution in [-0.4, -0.2) is 42.9 Å². The first-order chi connectivity index (χ1) is 17.5. The number of aromatic nitrogens is 5. The molecule has 36 heavy (non-hydrogen) atoms. The van der Waals surface area contributed by atoms with Gasteiger partial charge in [-0.3, -0.25) is 9.59 Å². The molecule has 5 rings (SSSR count). The van der Waals surface area contributed by atoms with E-state index in [1.54, 1.807) is 12.1 Å². The largest absolute Gasteiger partial charge is 0.352 e. The number of aryl methyl sites for hydroxylation is 2. The molecular weight excluding hydrogens is 454 g/mol. The summed E-state index contributed by atoms with van der Waals surface area (Å²) in [5.74, 6) is 0.368. The van der Waals surface area contributed by atoms with Gasteiger partial charge in [0.15, 0.2) is 0 Å². The van der Waals surface area contributed by atoms with Crippen molar-refractivity contribution in [3.63, 3.8) is 0 Å². The van der Waals surface area contributed by atoms with Gasteiger partial charge in [-0.05, 0) is 43.2 Å². The summed E-state index contributed by atoms with van der Waals surface area (Å²) < 4.78 is 3.88. The fourth-order valence-corrected chi connectivity index (χ4v) is 4.40. The number of para-hydroxylation sites is 1. The number of carbonyl (C=O) groups is 2. The number of anilines is 1. The van der Waals surface area contributed by atoms with Gasteiger partial charge in [0.05, 0.1) is 22.1 Å². The van der Waals surface area contributed by atoms with Gasteiger partial charge in [0, 0.05) is 32.2 Å². The number of nitrogens with one attached hydrogen (secondary N) is 2. The summed E-state index contributed by atoms with van der Waals surface area (Å²) in [6.45, 7) is 5.04. The maximum Gasteiger partial charge on any atom is 0.253 e. The maximum atomic E-state index is 13.4. The zero-order valence-corrected chi connectivity index (χ0v) is 20.2. The molecule has 0 aliphatic rings. The molecule has 9 nitrogen and oxygen atoms in total. The summed E-state index contributed by atoms with van der Waals surface area (Å²) in [6.07, 6.45) is 0.690. The van der Waals surface area contributed by atoms with Gasteiger partial charge in [-0.2, -0.15) is 0 Å². The summed E-state index contributed by atoms with van der Waals surface area (Å²) in [4.78, 5) is 29.8. The molecule has 0 aliphatic heterocycles. The smallest absolute Gasteiger partial charge is 0.253 e. The Hall–Kier alpha value is -4.53. The van der Waals surface area contributed by atoms with Crippen molar-refractivity contribution in [2.24, 2.45) is 0 Å². The first kappa shape index (κ1) is 23.2. The molecule has 0 unspecified atom stereocenters. The van der Waals surface area contributed by atoms with Gasteiger partial charge in [-0.1, -0.05) is 47.7 Å². The Kier molecular flexibility index (Phi) is 6.44. The number of hydrogen-bond acceptors (Lipinski definition) is 5. The Morgan fingerprint density at radius 3 is 2.56 bits per heavy atom. The fourth-order valence-electron chi connectivity index (χ4n) is 4.40. The zero-order chi connectivity index (χ0) is 25.1. The van der Waals surface area contributed by atoms with Crippen LogP contribution < -0.4 is 10.6 Å². The topological polar surface area (TPSA) is 107 Å². The highest BCUT2D eigenvalue weighted by Crippen LogP contribution is 2.26. The standard InChI is InChI=1S/C27H27N7O2/c1-18-29-24-16-21(30-19(2)35)15-22(26(24)33(18)17-20-9-4-3-5-10-20)27(36)28-13-8-14-34-25-12-7-6-11-23(25)31-32-34/h3-7,9-12,15-16H,8,13-14,17H2,1-2H3,(H,28,36)(H,30,35). The van der Waals surface area contributed by atoms with Crippen molar-refractivity contribution in [1.82, 2.24) is 29.9 Å². The molecule has 0 spiro atoms. The number of fused-ring (bicyclic) bond motifs is 2. The van der Waals surface area contributed by atoms with Crippen molar-refractivity contribution in [1.29, 1.82) is 0 Å². The van der Waals surface area contributed by atoms with E-state index in [0.29, 0.717) is 42.8 Å². The summed E-state index contributed by atoms with van der Waals surface area (Å²) in [6, 6.07) is 21.4. The van der Waals surface area contributed by atoms with E-state index in [1.807, 2.05) is 70.8 Å². The Morgan fingerprint density at radius 1 is 0.972 bits per heavy atom. The lowest BCUT2D eigenvalue weighted by Crippen LogP contribution is -2.26. The molecule has 9 heteroatoms. The molecule has 0 saturated heterocycles. The van der Waals surface area contributed by atoms with E-state index in [0.717, 1.165) is 27.9 Å². The Bertz CT molecular complexity index is 1550. The molecular formula is C27H27N7O2. The van der Waals surface area contributed by atoms with Gasteiger partial charge in [-0.15, -0.1) is 5.10 Å². The number of imidazole rings is 1. The first-order valence-electron chi connectivity index (χ1n) is 11.9. The first-order valence-corrected chi connectivity index (χ1v) is 11.9. The lowest BCUT2D eigenvalue weighted by Gasteiger charge is -2.13. The minimum atomic E-state index is -0.218. The van der Waals surface area contributed by atoms with E-state index < -0.39 is 0 Å². The van der Waals surface area contributed by atoms with Crippen molar-refractivity contribution >= 4 is 39.6 Å². The highest BCUT2D eigenvalue weighted by molar-refractivity contribution is 6.07. The Balaban J connectivity index is 1.39. The Morgan fingerprint density at radius 2 is 1.75 bits per heavy atom. The van der Waals surface area contributed by atoms with E-state index in [1.165, 1.54) is 6.92 Å². The van der Waals surface area contributed by atoms with E-state index in [4.69, 9.17) is 4.98 Å².